The Bertz CT molecular complexity index is 355. The van der Waals surface area contributed by atoms with E-state index in [1.54, 1.807) is 0 Å². The molecule has 0 N–H and O–H groups in total. The molecule has 3 heteroatoms. The van der Waals surface area contributed by atoms with Gasteiger partial charge in [0.25, 0.3) is 0 Å². The van der Waals surface area contributed by atoms with Gasteiger partial charge in [-0.2, -0.15) is 5.10 Å². The average Bonchev–Trinajstić information content (AvgIpc) is 2.32. The van der Waals surface area contributed by atoms with E-state index in [4.69, 9.17) is 11.6 Å². The predicted octanol–water partition coefficient (Wildman–Crippen LogP) is 2.02. The maximum Gasteiger partial charge on any atom is 0.0752 e. The lowest BCUT2D eigenvalue weighted by atomic mass is 10.2. The quantitative estimate of drug-likeness (QED) is 0.497. The van der Waals surface area contributed by atoms with Crippen LogP contribution in [-0.4, -0.2) is 15.7 Å². The fourth-order valence-corrected chi connectivity index (χ4v) is 1.25. The molecule has 2 nitrogen and oxygen atoms in total. The Morgan fingerprint density at radius 2 is 2.15 bits per heavy atom. The highest BCUT2D eigenvalue weighted by atomic mass is 35.5. The smallest absolute Gasteiger partial charge is 0.0752 e. The molecule has 0 radical (unpaired) electrons. The van der Waals surface area contributed by atoms with Crippen molar-refractivity contribution in [1.29, 1.82) is 0 Å². The first-order valence-corrected chi connectivity index (χ1v) is 4.75. The van der Waals surface area contributed by atoms with Gasteiger partial charge < -0.3 is 0 Å². The van der Waals surface area contributed by atoms with Crippen LogP contribution in [-0.2, 0) is 7.05 Å². The van der Waals surface area contributed by atoms with Gasteiger partial charge in [-0.1, -0.05) is 11.8 Å². The molecule has 70 valence electrons. The lowest BCUT2D eigenvalue weighted by Crippen LogP contribution is -1.92. The standard InChI is InChI=1S/C10H13ClN2/c1-8-10(6-4-5-7-11)9(2)13(3)12-8/h5,7H2,1-3H3. The summed E-state index contributed by atoms with van der Waals surface area (Å²) in [6.45, 7) is 3.99. The maximum atomic E-state index is 5.53. The van der Waals surface area contributed by atoms with E-state index in [0.717, 1.165) is 23.4 Å². The molecular formula is C10H13ClN2. The molecule has 0 amide bonds. The summed E-state index contributed by atoms with van der Waals surface area (Å²) in [5.74, 6) is 6.68. The van der Waals surface area contributed by atoms with Crippen LogP contribution in [0.3, 0.4) is 0 Å². The van der Waals surface area contributed by atoms with Crippen LogP contribution in [0.5, 0.6) is 0 Å². The van der Waals surface area contributed by atoms with Gasteiger partial charge in [0.05, 0.1) is 17.0 Å². The van der Waals surface area contributed by atoms with Gasteiger partial charge in [-0.3, -0.25) is 4.68 Å². The van der Waals surface area contributed by atoms with Gasteiger partial charge in [-0.15, -0.1) is 11.6 Å². The number of alkyl halides is 1. The van der Waals surface area contributed by atoms with Gasteiger partial charge in [-0.05, 0) is 13.8 Å². The molecule has 0 bridgehead atoms. The lowest BCUT2D eigenvalue weighted by molar-refractivity contribution is 0.731. The van der Waals surface area contributed by atoms with Crippen LogP contribution >= 0.6 is 11.6 Å². The molecule has 0 atom stereocenters. The number of hydrogen-bond donors (Lipinski definition) is 0. The third-order valence-corrected chi connectivity index (χ3v) is 2.13. The first-order valence-electron chi connectivity index (χ1n) is 4.22. The Labute approximate surface area is 83.9 Å². The van der Waals surface area contributed by atoms with Crippen LogP contribution in [0.2, 0.25) is 0 Å². The van der Waals surface area contributed by atoms with Crippen LogP contribution < -0.4 is 0 Å². The van der Waals surface area contributed by atoms with E-state index in [-0.39, 0.29) is 0 Å². The van der Waals surface area contributed by atoms with Crippen LogP contribution in [0.25, 0.3) is 0 Å². The monoisotopic (exact) mass is 196 g/mol. The summed E-state index contributed by atoms with van der Waals surface area (Å²) in [4.78, 5) is 0. The predicted molar refractivity (Wildman–Crippen MR) is 54.9 cm³/mol. The van der Waals surface area contributed by atoms with Crippen LogP contribution in [0.4, 0.5) is 0 Å². The fraction of sp³-hybridized carbons (Fsp3) is 0.500. The lowest BCUT2D eigenvalue weighted by Gasteiger charge is -1.91. The van der Waals surface area contributed by atoms with Crippen molar-refractivity contribution in [3.63, 3.8) is 0 Å². The molecule has 1 aromatic rings. The molecule has 1 rings (SSSR count). The molecule has 1 aromatic heterocycles. The van der Waals surface area contributed by atoms with E-state index in [2.05, 4.69) is 16.9 Å². The second kappa shape index (κ2) is 4.34. The number of halogens is 1. The molecule has 0 unspecified atom stereocenters. The molecule has 0 aromatic carbocycles. The molecule has 0 fully saturated rings. The van der Waals surface area contributed by atoms with E-state index < -0.39 is 0 Å². The average molecular weight is 197 g/mol. The van der Waals surface area contributed by atoms with Crippen molar-refractivity contribution in [1.82, 2.24) is 9.78 Å². The van der Waals surface area contributed by atoms with Crippen molar-refractivity contribution >= 4 is 11.6 Å². The summed E-state index contributed by atoms with van der Waals surface area (Å²) in [6, 6.07) is 0. The molecule has 0 aliphatic heterocycles. The van der Waals surface area contributed by atoms with Crippen molar-refractivity contribution in [2.75, 3.05) is 5.88 Å². The minimum Gasteiger partial charge on any atom is -0.271 e. The normalized spacial score (nSPS) is 9.54. The zero-order chi connectivity index (χ0) is 9.84. The van der Waals surface area contributed by atoms with E-state index in [1.807, 2.05) is 25.6 Å². The molecule has 0 aliphatic rings. The number of nitrogens with zero attached hydrogens (tertiary/aromatic N) is 2. The number of aryl methyl sites for hydroxylation is 2. The summed E-state index contributed by atoms with van der Waals surface area (Å²) >= 11 is 5.53. The summed E-state index contributed by atoms with van der Waals surface area (Å²) in [6.07, 6.45) is 0.731. The Morgan fingerprint density at radius 3 is 2.62 bits per heavy atom. The number of hydrogen-bond acceptors (Lipinski definition) is 1. The molecular weight excluding hydrogens is 184 g/mol. The molecule has 0 spiro atoms. The Balaban J connectivity index is 2.96. The van der Waals surface area contributed by atoms with Crippen molar-refractivity contribution in [3.8, 4) is 11.8 Å². The van der Waals surface area contributed by atoms with Crippen molar-refractivity contribution in [3.05, 3.63) is 17.0 Å². The molecule has 13 heavy (non-hydrogen) atoms. The third-order valence-electron chi connectivity index (χ3n) is 1.94. The van der Waals surface area contributed by atoms with Gasteiger partial charge >= 0.3 is 0 Å². The highest BCUT2D eigenvalue weighted by molar-refractivity contribution is 6.18. The highest BCUT2D eigenvalue weighted by Gasteiger charge is 2.05. The van der Waals surface area contributed by atoms with Crippen LogP contribution in [0, 0.1) is 25.7 Å². The van der Waals surface area contributed by atoms with E-state index in [1.165, 1.54) is 0 Å². The summed E-state index contributed by atoms with van der Waals surface area (Å²) in [5, 5.41) is 4.27. The zero-order valence-corrected chi connectivity index (χ0v) is 8.94. The van der Waals surface area contributed by atoms with E-state index >= 15 is 0 Å². The SMILES string of the molecule is Cc1nn(C)c(C)c1C#CCCCl. The van der Waals surface area contributed by atoms with Gasteiger partial charge in [0.1, 0.15) is 0 Å². The minimum absolute atomic E-state index is 0.589. The summed E-state index contributed by atoms with van der Waals surface area (Å²) < 4.78 is 1.85. The van der Waals surface area contributed by atoms with E-state index in [0.29, 0.717) is 5.88 Å². The second-order valence-corrected chi connectivity index (χ2v) is 3.29. The van der Waals surface area contributed by atoms with Crippen molar-refractivity contribution in [2.45, 2.75) is 20.3 Å². The summed E-state index contributed by atoms with van der Waals surface area (Å²) in [5.41, 5.74) is 3.13. The number of aromatic nitrogens is 2. The van der Waals surface area contributed by atoms with Crippen molar-refractivity contribution < 1.29 is 0 Å². The van der Waals surface area contributed by atoms with Crippen LogP contribution in [0.1, 0.15) is 23.4 Å². The third kappa shape index (κ3) is 2.26. The molecule has 1 heterocycles. The van der Waals surface area contributed by atoms with Crippen LogP contribution in [0.15, 0.2) is 0 Å². The Hall–Kier alpha value is -0.940. The second-order valence-electron chi connectivity index (χ2n) is 2.91. The van der Waals surface area contributed by atoms with Gasteiger partial charge in [0.2, 0.25) is 0 Å². The Kier molecular flexibility index (Phi) is 3.39. The maximum absolute atomic E-state index is 5.53. The minimum atomic E-state index is 0.589. The Morgan fingerprint density at radius 1 is 1.46 bits per heavy atom. The van der Waals surface area contributed by atoms with Crippen molar-refractivity contribution in [2.24, 2.45) is 7.05 Å². The highest BCUT2D eigenvalue weighted by Crippen LogP contribution is 2.09. The van der Waals surface area contributed by atoms with Gasteiger partial charge in [0.15, 0.2) is 0 Å². The first kappa shape index (κ1) is 10.1. The topological polar surface area (TPSA) is 17.8 Å². The number of rotatable bonds is 1. The zero-order valence-electron chi connectivity index (χ0n) is 8.19. The van der Waals surface area contributed by atoms with Gasteiger partial charge in [0, 0.05) is 19.3 Å². The molecule has 0 saturated heterocycles. The largest absolute Gasteiger partial charge is 0.271 e. The molecule has 0 saturated carbocycles. The molecule has 0 aliphatic carbocycles. The van der Waals surface area contributed by atoms with E-state index in [9.17, 15) is 0 Å². The summed E-state index contributed by atoms with van der Waals surface area (Å²) in [7, 11) is 1.93. The van der Waals surface area contributed by atoms with Gasteiger partial charge in [-0.25, -0.2) is 0 Å². The first-order chi connectivity index (χ1) is 6.16. The fourth-order valence-electron chi connectivity index (χ4n) is 1.15.